The van der Waals surface area contributed by atoms with Crippen LogP contribution in [0.4, 0.5) is 4.79 Å². The summed E-state index contributed by atoms with van der Waals surface area (Å²) in [5.74, 6) is 0.829. The highest BCUT2D eigenvalue weighted by atomic mass is 16.3. The number of aromatic hydroxyl groups is 1. The molecule has 3 amide bonds. The zero-order valence-electron chi connectivity index (χ0n) is 16.1. The number of piperazine rings is 1. The van der Waals surface area contributed by atoms with Crippen LogP contribution in [0.2, 0.25) is 0 Å². The Balaban J connectivity index is 1.38. The number of carbonyl (C=O) groups excluding carboxylic acids is 2. The van der Waals surface area contributed by atoms with Crippen molar-refractivity contribution < 1.29 is 14.7 Å². The number of amides is 3. The second kappa shape index (κ2) is 9.08. The zero-order chi connectivity index (χ0) is 19.2. The molecule has 7 nitrogen and oxygen atoms in total. The third-order valence-electron chi connectivity index (χ3n) is 5.41. The van der Waals surface area contributed by atoms with E-state index in [1.54, 1.807) is 21.9 Å². The largest absolute Gasteiger partial charge is 0.508 e. The Morgan fingerprint density at radius 2 is 1.74 bits per heavy atom. The van der Waals surface area contributed by atoms with Gasteiger partial charge in [0.15, 0.2) is 0 Å². The number of urea groups is 1. The minimum Gasteiger partial charge on any atom is -0.508 e. The molecule has 0 unspecified atom stereocenters. The second-order valence-corrected chi connectivity index (χ2v) is 7.61. The average Bonchev–Trinajstić information content (AvgIpc) is 2.68. The Morgan fingerprint density at radius 1 is 1.07 bits per heavy atom. The van der Waals surface area contributed by atoms with Crippen molar-refractivity contribution in [1.29, 1.82) is 0 Å². The maximum atomic E-state index is 12.5. The molecule has 0 aliphatic carbocycles. The number of hydrogen-bond donors (Lipinski definition) is 2. The van der Waals surface area contributed by atoms with Gasteiger partial charge in [0.2, 0.25) is 0 Å². The molecule has 0 spiro atoms. The van der Waals surface area contributed by atoms with Crippen molar-refractivity contribution in [2.45, 2.75) is 19.8 Å². The first-order valence-electron chi connectivity index (χ1n) is 9.86. The summed E-state index contributed by atoms with van der Waals surface area (Å²) >= 11 is 0. The molecule has 2 saturated heterocycles. The smallest absolute Gasteiger partial charge is 0.317 e. The predicted octanol–water partition coefficient (Wildman–Crippen LogP) is 1.59. The van der Waals surface area contributed by atoms with Gasteiger partial charge in [-0.2, -0.15) is 0 Å². The fourth-order valence-corrected chi connectivity index (χ4v) is 3.82. The maximum absolute atomic E-state index is 12.5. The number of phenolic OH excluding ortho intramolecular Hbond substituents is 1. The molecule has 0 radical (unpaired) electrons. The van der Waals surface area contributed by atoms with Crippen molar-refractivity contribution in [3.05, 3.63) is 29.8 Å². The summed E-state index contributed by atoms with van der Waals surface area (Å²) in [7, 11) is 0. The van der Waals surface area contributed by atoms with Gasteiger partial charge in [-0.3, -0.25) is 4.79 Å². The SMILES string of the molecule is C[C@H]1CCCN(CCNC(=O)N2CCN(C(=O)c3ccc(O)cc3)CC2)C1. The molecule has 2 fully saturated rings. The van der Waals surface area contributed by atoms with E-state index in [0.29, 0.717) is 38.3 Å². The van der Waals surface area contributed by atoms with E-state index in [1.807, 2.05) is 0 Å². The third kappa shape index (κ3) is 5.35. The molecule has 0 aromatic heterocycles. The maximum Gasteiger partial charge on any atom is 0.317 e. The minimum atomic E-state index is -0.0609. The summed E-state index contributed by atoms with van der Waals surface area (Å²) in [6.45, 7) is 8.21. The minimum absolute atomic E-state index is 0.0446. The number of nitrogens with zero attached hydrogens (tertiary/aromatic N) is 3. The molecule has 27 heavy (non-hydrogen) atoms. The van der Waals surface area contributed by atoms with Crippen LogP contribution >= 0.6 is 0 Å². The van der Waals surface area contributed by atoms with E-state index < -0.39 is 0 Å². The second-order valence-electron chi connectivity index (χ2n) is 7.61. The molecule has 0 saturated carbocycles. The van der Waals surface area contributed by atoms with Crippen LogP contribution in [-0.4, -0.2) is 84.1 Å². The summed E-state index contributed by atoms with van der Waals surface area (Å²) in [5, 5.41) is 12.3. The van der Waals surface area contributed by atoms with Gasteiger partial charge in [-0.15, -0.1) is 0 Å². The van der Waals surface area contributed by atoms with Crippen LogP contribution in [0.5, 0.6) is 5.75 Å². The highest BCUT2D eigenvalue weighted by Gasteiger charge is 2.25. The van der Waals surface area contributed by atoms with Crippen molar-refractivity contribution >= 4 is 11.9 Å². The number of likely N-dealkylation sites (tertiary alicyclic amines) is 1. The van der Waals surface area contributed by atoms with Gasteiger partial charge < -0.3 is 25.1 Å². The van der Waals surface area contributed by atoms with E-state index >= 15 is 0 Å². The molecule has 2 aliphatic heterocycles. The van der Waals surface area contributed by atoms with Crippen molar-refractivity contribution in [1.82, 2.24) is 20.0 Å². The number of benzene rings is 1. The molecule has 1 atom stereocenters. The van der Waals surface area contributed by atoms with E-state index in [9.17, 15) is 14.7 Å². The Hall–Kier alpha value is -2.28. The Bertz CT molecular complexity index is 641. The Kier molecular flexibility index (Phi) is 6.55. The van der Waals surface area contributed by atoms with Gasteiger partial charge in [0.25, 0.3) is 5.91 Å². The third-order valence-corrected chi connectivity index (χ3v) is 5.41. The normalized spacial score (nSPS) is 21.1. The molecule has 1 aromatic carbocycles. The molecule has 2 heterocycles. The van der Waals surface area contributed by atoms with E-state index in [0.717, 1.165) is 25.6 Å². The monoisotopic (exact) mass is 374 g/mol. The van der Waals surface area contributed by atoms with Crippen LogP contribution in [0.1, 0.15) is 30.1 Å². The van der Waals surface area contributed by atoms with Gasteiger partial charge in [-0.25, -0.2) is 4.79 Å². The Morgan fingerprint density at radius 3 is 2.41 bits per heavy atom. The highest BCUT2D eigenvalue weighted by Crippen LogP contribution is 2.15. The van der Waals surface area contributed by atoms with Gasteiger partial charge in [0.1, 0.15) is 5.75 Å². The highest BCUT2D eigenvalue weighted by molar-refractivity contribution is 5.94. The molecule has 2 N–H and O–H groups in total. The standard InChI is InChI=1S/C20H30N4O3/c1-16-3-2-9-22(15-16)10-8-21-20(27)24-13-11-23(12-14-24)19(26)17-4-6-18(25)7-5-17/h4-7,16,25H,2-3,8-15H2,1H3,(H,21,27)/t16-/m0/s1. The number of hydrogen-bond acceptors (Lipinski definition) is 4. The lowest BCUT2D eigenvalue weighted by atomic mass is 10.0. The van der Waals surface area contributed by atoms with Crippen molar-refractivity contribution in [2.24, 2.45) is 5.92 Å². The van der Waals surface area contributed by atoms with Crippen LogP contribution in [0.25, 0.3) is 0 Å². The van der Waals surface area contributed by atoms with E-state index in [4.69, 9.17) is 0 Å². The zero-order valence-corrected chi connectivity index (χ0v) is 16.1. The lowest BCUT2D eigenvalue weighted by Crippen LogP contribution is -2.53. The molecule has 7 heteroatoms. The van der Waals surface area contributed by atoms with Crippen molar-refractivity contribution in [2.75, 3.05) is 52.4 Å². The van der Waals surface area contributed by atoms with Crippen LogP contribution in [0.3, 0.4) is 0 Å². The quantitative estimate of drug-likeness (QED) is 0.839. The molecule has 1 aromatic rings. The summed E-state index contributed by atoms with van der Waals surface area (Å²) in [6.07, 6.45) is 2.54. The van der Waals surface area contributed by atoms with E-state index in [2.05, 4.69) is 17.1 Å². The fourth-order valence-electron chi connectivity index (χ4n) is 3.82. The lowest BCUT2D eigenvalue weighted by Gasteiger charge is -2.35. The van der Waals surface area contributed by atoms with Gasteiger partial charge in [-0.05, 0) is 49.6 Å². The molecule has 148 valence electrons. The van der Waals surface area contributed by atoms with Crippen LogP contribution in [0, 0.1) is 5.92 Å². The average molecular weight is 374 g/mol. The summed E-state index contributed by atoms with van der Waals surface area (Å²) in [5.41, 5.74) is 0.557. The first-order chi connectivity index (χ1) is 13.0. The van der Waals surface area contributed by atoms with Crippen molar-refractivity contribution in [3.8, 4) is 5.75 Å². The van der Waals surface area contributed by atoms with Crippen molar-refractivity contribution in [3.63, 3.8) is 0 Å². The van der Waals surface area contributed by atoms with E-state index in [-0.39, 0.29) is 17.7 Å². The summed E-state index contributed by atoms with van der Waals surface area (Å²) in [4.78, 5) is 30.8. The molecule has 0 bridgehead atoms. The molecular formula is C20H30N4O3. The van der Waals surface area contributed by atoms with Crippen LogP contribution < -0.4 is 5.32 Å². The first-order valence-corrected chi connectivity index (χ1v) is 9.86. The molecular weight excluding hydrogens is 344 g/mol. The fraction of sp³-hybridized carbons (Fsp3) is 0.600. The van der Waals surface area contributed by atoms with E-state index in [1.165, 1.54) is 25.0 Å². The Labute approximate surface area is 160 Å². The number of nitrogens with one attached hydrogen (secondary N) is 1. The van der Waals surface area contributed by atoms with Gasteiger partial charge >= 0.3 is 6.03 Å². The van der Waals surface area contributed by atoms with Gasteiger partial charge in [-0.1, -0.05) is 6.92 Å². The van der Waals surface area contributed by atoms with Gasteiger partial charge in [0, 0.05) is 51.4 Å². The lowest BCUT2D eigenvalue weighted by molar-refractivity contribution is 0.0664. The van der Waals surface area contributed by atoms with Crippen LogP contribution in [-0.2, 0) is 0 Å². The summed E-state index contributed by atoms with van der Waals surface area (Å²) < 4.78 is 0. The topological polar surface area (TPSA) is 76.1 Å². The van der Waals surface area contributed by atoms with Crippen LogP contribution in [0.15, 0.2) is 24.3 Å². The molecule has 2 aliphatic rings. The number of rotatable bonds is 4. The number of piperidine rings is 1. The summed E-state index contributed by atoms with van der Waals surface area (Å²) in [6, 6.07) is 6.23. The number of phenols is 1. The first kappa shape index (κ1) is 19.5. The number of carbonyl (C=O) groups is 2. The van der Waals surface area contributed by atoms with Gasteiger partial charge in [0.05, 0.1) is 0 Å². The predicted molar refractivity (Wildman–Crippen MR) is 104 cm³/mol. The molecule has 3 rings (SSSR count).